The molecule has 0 saturated carbocycles. The van der Waals surface area contributed by atoms with Gasteiger partial charge in [0.25, 0.3) is 0 Å². The van der Waals surface area contributed by atoms with E-state index in [-0.39, 0.29) is 11.7 Å². The first-order chi connectivity index (χ1) is 10.4. The van der Waals surface area contributed by atoms with E-state index < -0.39 is 15.4 Å². The lowest BCUT2D eigenvalue weighted by molar-refractivity contribution is -0.136. The maximum atomic E-state index is 12.5. The van der Waals surface area contributed by atoms with E-state index in [0.717, 1.165) is 25.9 Å². The Balaban J connectivity index is 2.41. The van der Waals surface area contributed by atoms with Gasteiger partial charge in [0.15, 0.2) is 0 Å². The lowest BCUT2D eigenvalue weighted by atomic mass is 9.78. The monoisotopic (exact) mass is 335 g/mol. The summed E-state index contributed by atoms with van der Waals surface area (Å²) in [6, 6.07) is 0. The molecule has 0 aromatic heterocycles. The molecule has 0 atom stereocenters. The molecule has 2 N–H and O–H groups in total. The smallest absolute Gasteiger partial charge is 0.228 e. The summed E-state index contributed by atoms with van der Waals surface area (Å²) in [6.07, 6.45) is 2.12. The van der Waals surface area contributed by atoms with Crippen molar-refractivity contribution in [2.45, 2.75) is 26.2 Å². The lowest BCUT2D eigenvalue weighted by Crippen LogP contribution is -2.50. The number of amides is 1. The van der Waals surface area contributed by atoms with Gasteiger partial charge in [-0.2, -0.15) is 0 Å². The number of nitrogens with zero attached hydrogens (tertiary/aromatic N) is 1. The summed E-state index contributed by atoms with van der Waals surface area (Å²) in [5.41, 5.74) is -0.457. The summed E-state index contributed by atoms with van der Waals surface area (Å²) in [7, 11) is 0.0343. The van der Waals surface area contributed by atoms with Crippen molar-refractivity contribution in [3.63, 3.8) is 0 Å². The Hall–Kier alpha value is -0.700. The molecule has 1 aliphatic rings. The van der Waals surface area contributed by atoms with Gasteiger partial charge in [-0.25, -0.2) is 12.7 Å². The lowest BCUT2D eigenvalue weighted by Gasteiger charge is -2.35. The van der Waals surface area contributed by atoms with Gasteiger partial charge in [0, 0.05) is 27.2 Å². The van der Waals surface area contributed by atoms with Crippen LogP contribution in [0.4, 0.5) is 0 Å². The van der Waals surface area contributed by atoms with E-state index >= 15 is 0 Å². The Morgan fingerprint density at radius 2 is 2.00 bits per heavy atom. The normalized spacial score (nSPS) is 18.4. The molecular formula is C14H29N3O4S. The zero-order valence-electron chi connectivity index (χ0n) is 13.9. The van der Waals surface area contributed by atoms with Gasteiger partial charge in [-0.05, 0) is 39.3 Å². The molecule has 8 heteroatoms. The first-order valence-electron chi connectivity index (χ1n) is 7.80. The fraction of sp³-hybridized carbons (Fsp3) is 0.929. The van der Waals surface area contributed by atoms with Gasteiger partial charge >= 0.3 is 0 Å². The first kappa shape index (κ1) is 19.3. The number of methoxy groups -OCH3 is 1. The standard InChI is InChI=1S/C14H29N3O4S/c1-4-22(19,20)17(2)11-5-8-16-13(18)14(12-21-3)6-9-15-10-7-14/h15H,4-12H2,1-3H3,(H,16,18). The SMILES string of the molecule is CCS(=O)(=O)N(C)CCCNC(=O)C1(COC)CCNCC1. The van der Waals surface area contributed by atoms with Crippen molar-refractivity contribution in [3.8, 4) is 0 Å². The molecule has 0 aromatic carbocycles. The van der Waals surface area contributed by atoms with E-state index in [2.05, 4.69) is 10.6 Å². The van der Waals surface area contributed by atoms with E-state index in [1.165, 1.54) is 4.31 Å². The van der Waals surface area contributed by atoms with Crippen molar-refractivity contribution in [2.24, 2.45) is 5.41 Å². The van der Waals surface area contributed by atoms with Gasteiger partial charge in [0.2, 0.25) is 15.9 Å². The third kappa shape index (κ3) is 5.19. The quantitative estimate of drug-likeness (QED) is 0.569. The second-order valence-electron chi connectivity index (χ2n) is 5.79. The minimum Gasteiger partial charge on any atom is -0.384 e. The van der Waals surface area contributed by atoms with Crippen LogP contribution in [0.2, 0.25) is 0 Å². The minimum atomic E-state index is -3.15. The number of carbonyl (C=O) groups is 1. The molecule has 1 fully saturated rings. The number of rotatable bonds is 9. The molecule has 0 bridgehead atoms. The summed E-state index contributed by atoms with van der Waals surface area (Å²) < 4.78 is 29.8. The van der Waals surface area contributed by atoms with Crippen LogP contribution in [0.3, 0.4) is 0 Å². The number of nitrogens with one attached hydrogen (secondary N) is 2. The van der Waals surface area contributed by atoms with Crippen molar-refractivity contribution in [3.05, 3.63) is 0 Å². The topological polar surface area (TPSA) is 87.7 Å². The average Bonchev–Trinajstić information content (AvgIpc) is 2.52. The minimum absolute atomic E-state index is 0.0110. The number of hydrogen-bond acceptors (Lipinski definition) is 5. The molecule has 1 heterocycles. The molecule has 7 nitrogen and oxygen atoms in total. The van der Waals surface area contributed by atoms with Crippen molar-refractivity contribution in [1.29, 1.82) is 0 Å². The van der Waals surface area contributed by atoms with Crippen LogP contribution < -0.4 is 10.6 Å². The Morgan fingerprint density at radius 3 is 2.55 bits per heavy atom. The molecular weight excluding hydrogens is 306 g/mol. The number of sulfonamides is 1. The van der Waals surface area contributed by atoms with Gasteiger partial charge in [0.1, 0.15) is 0 Å². The molecule has 0 unspecified atom stereocenters. The van der Waals surface area contributed by atoms with E-state index in [9.17, 15) is 13.2 Å². The highest BCUT2D eigenvalue weighted by molar-refractivity contribution is 7.89. The fourth-order valence-electron chi connectivity index (χ4n) is 2.67. The summed E-state index contributed by atoms with van der Waals surface area (Å²) in [6.45, 7) is 4.56. The molecule has 0 radical (unpaired) electrons. The van der Waals surface area contributed by atoms with Crippen LogP contribution in [0.15, 0.2) is 0 Å². The van der Waals surface area contributed by atoms with E-state index in [0.29, 0.717) is 26.1 Å². The Kier molecular flexibility index (Phi) is 7.75. The fourth-order valence-corrected chi connectivity index (χ4v) is 3.52. The number of carbonyl (C=O) groups excluding carboxylic acids is 1. The van der Waals surface area contributed by atoms with Crippen LogP contribution >= 0.6 is 0 Å². The predicted molar refractivity (Wildman–Crippen MR) is 86.1 cm³/mol. The van der Waals surface area contributed by atoms with Crippen LogP contribution in [-0.4, -0.2) is 71.3 Å². The number of ether oxygens (including phenoxy) is 1. The number of hydrogen-bond donors (Lipinski definition) is 2. The molecule has 1 saturated heterocycles. The molecule has 0 aromatic rings. The maximum Gasteiger partial charge on any atom is 0.228 e. The van der Waals surface area contributed by atoms with E-state index in [1.807, 2.05) is 0 Å². The summed E-state index contributed by atoms with van der Waals surface area (Å²) >= 11 is 0. The van der Waals surface area contributed by atoms with Gasteiger partial charge in [-0.15, -0.1) is 0 Å². The zero-order chi connectivity index (χ0) is 16.6. The van der Waals surface area contributed by atoms with Gasteiger partial charge in [-0.1, -0.05) is 0 Å². The molecule has 130 valence electrons. The molecule has 22 heavy (non-hydrogen) atoms. The van der Waals surface area contributed by atoms with Gasteiger partial charge in [0.05, 0.1) is 17.8 Å². The zero-order valence-corrected chi connectivity index (χ0v) is 14.7. The Bertz CT molecular complexity index is 441. The molecule has 1 rings (SSSR count). The van der Waals surface area contributed by atoms with Crippen LogP contribution in [0.25, 0.3) is 0 Å². The molecule has 1 amide bonds. The summed E-state index contributed by atoms with van der Waals surface area (Å²) in [5.74, 6) is 0.108. The highest BCUT2D eigenvalue weighted by Crippen LogP contribution is 2.29. The second kappa shape index (κ2) is 8.81. The Labute approximate surface area is 133 Å². The van der Waals surface area contributed by atoms with E-state index in [4.69, 9.17) is 4.74 Å². The largest absolute Gasteiger partial charge is 0.384 e. The van der Waals surface area contributed by atoms with Crippen molar-refractivity contribution < 1.29 is 17.9 Å². The van der Waals surface area contributed by atoms with Crippen LogP contribution in [-0.2, 0) is 19.6 Å². The first-order valence-corrected chi connectivity index (χ1v) is 9.41. The highest BCUT2D eigenvalue weighted by atomic mass is 32.2. The molecule has 0 spiro atoms. The second-order valence-corrected chi connectivity index (χ2v) is 8.16. The van der Waals surface area contributed by atoms with Crippen molar-refractivity contribution >= 4 is 15.9 Å². The average molecular weight is 335 g/mol. The third-order valence-electron chi connectivity index (χ3n) is 4.24. The third-order valence-corrected chi connectivity index (χ3v) is 6.10. The molecule has 1 aliphatic heterocycles. The molecule has 0 aliphatic carbocycles. The van der Waals surface area contributed by atoms with Crippen LogP contribution in [0.1, 0.15) is 26.2 Å². The number of piperidine rings is 1. The van der Waals surface area contributed by atoms with Crippen molar-refractivity contribution in [2.75, 3.05) is 52.7 Å². The maximum absolute atomic E-state index is 12.5. The Morgan fingerprint density at radius 1 is 1.36 bits per heavy atom. The predicted octanol–water partition coefficient (Wildman–Crippen LogP) is -0.210. The van der Waals surface area contributed by atoms with Gasteiger partial charge < -0.3 is 15.4 Å². The van der Waals surface area contributed by atoms with Crippen molar-refractivity contribution in [1.82, 2.24) is 14.9 Å². The summed E-state index contributed by atoms with van der Waals surface area (Å²) in [5, 5.41) is 6.18. The summed E-state index contributed by atoms with van der Waals surface area (Å²) in [4.78, 5) is 12.5. The highest BCUT2D eigenvalue weighted by Gasteiger charge is 2.39. The van der Waals surface area contributed by atoms with Crippen LogP contribution in [0.5, 0.6) is 0 Å². The van der Waals surface area contributed by atoms with E-state index in [1.54, 1.807) is 21.1 Å². The van der Waals surface area contributed by atoms with Crippen LogP contribution in [0, 0.1) is 5.41 Å². The van der Waals surface area contributed by atoms with Gasteiger partial charge in [-0.3, -0.25) is 4.79 Å².